The molecule has 2 unspecified atom stereocenters. The molecule has 0 spiro atoms. The number of nitrogens with one attached hydrogen (secondary N) is 1. The molecule has 25 heteroatoms. The molecule has 0 saturated carbocycles. The molecule has 3 aliphatic rings. The summed E-state index contributed by atoms with van der Waals surface area (Å²) in [5.74, 6) is 0.509. The molecule has 2 bridgehead atoms. The molecule has 350 valence electrons. The summed E-state index contributed by atoms with van der Waals surface area (Å²) < 4.78 is 70.9. The minimum Gasteiger partial charge on any atom is -0.408 e. The van der Waals surface area contributed by atoms with Gasteiger partial charge >= 0.3 is 6.72 Å². The summed E-state index contributed by atoms with van der Waals surface area (Å²) in [5.41, 5.74) is 3.60. The largest absolute Gasteiger partial charge is 0.408 e. The minimum absolute atomic E-state index is 0.268. The maximum atomic E-state index is 14.7. The van der Waals surface area contributed by atoms with Crippen LogP contribution in [-0.4, -0.2) is 118 Å². The van der Waals surface area contributed by atoms with Gasteiger partial charge in [0, 0.05) is 6.54 Å². The molecule has 0 amide bonds. The van der Waals surface area contributed by atoms with E-state index in [9.17, 15) is 9.46 Å². The fourth-order valence-electron chi connectivity index (χ4n) is 7.51. The predicted octanol–water partition coefficient (Wildman–Crippen LogP) is 7.47. The lowest BCUT2D eigenvalue weighted by Crippen LogP contribution is -2.50. The lowest BCUT2D eigenvalue weighted by Gasteiger charge is -2.41. The standard InChI is InChI=1S/C40H58BN9O10P2SSi2/c1-24-28-35(45-20-43-24)49(22-47-28)37-32-31(59-64(8,9)39(2,3)4)27(56-37)18-53-61(41,51)57-30-26(19-54-62(52,63)58-32)55-38(33(30)60-65(10,11)40(5,6)7)50-23-48-29-34(44-21-46-36(29)50)42-17-25-15-13-12-14-16-25/h12-16,20-23,26-27,30-33,37-38H,17-19H2,1-11H3,(H,52,63)(H,42,44,46)/t26-,27-,30-,31-,32-,33-,37-,38-,61?,62?/m1/s1. The second kappa shape index (κ2) is 17.9. The summed E-state index contributed by atoms with van der Waals surface area (Å²) in [6.45, 7) is 18.2. The number of hydrogen-bond acceptors (Lipinski definition) is 17. The molecule has 2 radical (unpaired) electrons. The molecule has 0 aliphatic carbocycles. The summed E-state index contributed by atoms with van der Waals surface area (Å²) in [5, 5.41) is 2.81. The van der Waals surface area contributed by atoms with Gasteiger partial charge in [-0.2, -0.15) is 0 Å². The average molecular weight is 986 g/mol. The Balaban J connectivity index is 1.17. The van der Waals surface area contributed by atoms with Crippen molar-refractivity contribution >= 4 is 78.3 Å². The van der Waals surface area contributed by atoms with Gasteiger partial charge in [-0.3, -0.25) is 18.2 Å². The van der Waals surface area contributed by atoms with Gasteiger partial charge in [-0.15, -0.1) is 0 Å². The molecule has 10 atom stereocenters. The van der Waals surface area contributed by atoms with Crippen LogP contribution in [-0.2, 0) is 59.3 Å². The topological polar surface area (TPSA) is 210 Å². The van der Waals surface area contributed by atoms with E-state index in [0.29, 0.717) is 40.4 Å². The van der Waals surface area contributed by atoms with Gasteiger partial charge in [0.15, 0.2) is 51.7 Å². The van der Waals surface area contributed by atoms with Gasteiger partial charge in [-0.25, -0.2) is 29.9 Å². The smallest absolute Gasteiger partial charge is 0.325 e. The Morgan fingerprint density at radius 3 is 2.02 bits per heavy atom. The van der Waals surface area contributed by atoms with Crippen LogP contribution in [0.15, 0.2) is 55.6 Å². The van der Waals surface area contributed by atoms with Crippen molar-refractivity contribution in [1.29, 1.82) is 0 Å². The molecule has 19 nitrogen and oxygen atoms in total. The molecule has 1 aromatic carbocycles. The molecule has 2 N–H and O–H groups in total. The maximum Gasteiger partial charge on any atom is 0.325 e. The van der Waals surface area contributed by atoms with E-state index >= 15 is 0 Å². The first-order valence-electron chi connectivity index (χ1n) is 21.5. The molecular weight excluding hydrogens is 927 g/mol. The number of nitrogens with zero attached hydrogens (tertiary/aromatic N) is 8. The van der Waals surface area contributed by atoms with Crippen molar-refractivity contribution in [3.05, 3.63) is 66.9 Å². The van der Waals surface area contributed by atoms with Gasteiger partial charge in [-0.05, 0) is 60.6 Å². The van der Waals surface area contributed by atoms with Gasteiger partial charge in [-0.1, -0.05) is 71.9 Å². The summed E-state index contributed by atoms with van der Waals surface area (Å²) in [6, 6.07) is 9.91. The van der Waals surface area contributed by atoms with E-state index in [2.05, 4.69) is 98.0 Å². The molecule has 3 saturated heterocycles. The van der Waals surface area contributed by atoms with Crippen molar-refractivity contribution in [2.24, 2.45) is 0 Å². The van der Waals surface area contributed by atoms with E-state index in [-0.39, 0.29) is 16.7 Å². The zero-order valence-electron chi connectivity index (χ0n) is 38.5. The third kappa shape index (κ3) is 10.0. The summed E-state index contributed by atoms with van der Waals surface area (Å²) in [4.78, 5) is 39.3. The quantitative estimate of drug-likeness (QED) is 0.108. The van der Waals surface area contributed by atoms with E-state index in [0.717, 1.165) is 5.56 Å². The van der Waals surface area contributed by atoms with Crippen LogP contribution in [0.3, 0.4) is 0 Å². The number of fused-ring (bicyclic) bond motifs is 5. The minimum atomic E-state index is -4.51. The molecule has 8 rings (SSSR count). The first-order valence-corrected chi connectivity index (χ1v) is 31.5. The number of rotatable bonds is 9. The fourth-order valence-corrected chi connectivity index (χ4v) is 12.5. The van der Waals surface area contributed by atoms with E-state index in [1.807, 2.05) is 37.3 Å². The Kier molecular flexibility index (Phi) is 13.4. The number of benzene rings is 1. The highest BCUT2D eigenvalue weighted by atomic mass is 32.5. The van der Waals surface area contributed by atoms with Crippen LogP contribution in [0.2, 0.25) is 36.3 Å². The van der Waals surface area contributed by atoms with Crippen molar-refractivity contribution in [1.82, 2.24) is 39.0 Å². The first-order chi connectivity index (χ1) is 30.3. The lowest BCUT2D eigenvalue weighted by atomic mass is 10.1. The molecular formula is C40H58BN9O10P2SSi2. The molecule has 3 aliphatic heterocycles. The third-order valence-corrected chi connectivity index (χ3v) is 24.7. The van der Waals surface area contributed by atoms with Crippen molar-refractivity contribution in [3.63, 3.8) is 0 Å². The van der Waals surface area contributed by atoms with Crippen LogP contribution in [0.1, 0.15) is 65.3 Å². The summed E-state index contributed by atoms with van der Waals surface area (Å²) >= 11 is 5.81. The van der Waals surface area contributed by atoms with Crippen LogP contribution < -0.4 is 5.32 Å². The van der Waals surface area contributed by atoms with Crippen LogP contribution in [0, 0.1) is 6.92 Å². The van der Waals surface area contributed by atoms with E-state index in [1.54, 1.807) is 21.8 Å². The number of imidazole rings is 2. The van der Waals surface area contributed by atoms with Crippen LogP contribution in [0.4, 0.5) is 5.82 Å². The average Bonchev–Trinajstić information content (AvgIpc) is 3.99. The number of ether oxygens (including phenoxy) is 2. The Hall–Kier alpha value is -2.86. The van der Waals surface area contributed by atoms with Gasteiger partial charge in [0.05, 0.1) is 31.6 Å². The van der Waals surface area contributed by atoms with Crippen molar-refractivity contribution < 1.29 is 45.9 Å². The van der Waals surface area contributed by atoms with Crippen molar-refractivity contribution in [2.75, 3.05) is 18.5 Å². The summed E-state index contributed by atoms with van der Waals surface area (Å²) in [6.07, 6.45) is -2.29. The van der Waals surface area contributed by atoms with Gasteiger partial charge in [0.25, 0.3) is 7.47 Å². The second-order valence-corrected chi connectivity index (χ2v) is 33.6. The highest BCUT2D eigenvalue weighted by Crippen LogP contribution is 2.56. The SMILES string of the molecule is [B]P1(=O)OC[C@H]2O[C@@H](n3cnc4c(C)ncnc43)[C@H](OP(O)(=S)OC[C@H]3O[C@@H](n4cnc5c(NCc6ccccc6)ncnc54)[C@H](O[Si](C)(C)C(C)(C)C)[C@@H]3O1)[C@@H]2O[Si](C)(C)C(C)(C)C. The maximum absolute atomic E-state index is 14.7. The fraction of sp³-hybridized carbons (Fsp3) is 0.600. The first kappa shape index (κ1) is 48.6. The lowest BCUT2D eigenvalue weighted by molar-refractivity contribution is -0.0593. The highest BCUT2D eigenvalue weighted by Gasteiger charge is 2.57. The van der Waals surface area contributed by atoms with Crippen molar-refractivity contribution in [3.8, 4) is 0 Å². The van der Waals surface area contributed by atoms with Crippen LogP contribution >= 0.6 is 14.2 Å². The van der Waals surface area contributed by atoms with E-state index < -0.39 is 86.5 Å². The van der Waals surface area contributed by atoms with Crippen LogP contribution in [0.25, 0.3) is 22.3 Å². The van der Waals surface area contributed by atoms with Crippen LogP contribution in [0.5, 0.6) is 0 Å². The Bertz CT molecular complexity index is 2620. The van der Waals surface area contributed by atoms with Crippen molar-refractivity contribution in [2.45, 2.75) is 140 Å². The van der Waals surface area contributed by atoms with Gasteiger partial charge in [0.1, 0.15) is 54.8 Å². The molecule has 7 heterocycles. The Labute approximate surface area is 387 Å². The zero-order chi connectivity index (χ0) is 46.9. The van der Waals surface area contributed by atoms with Gasteiger partial charge < -0.3 is 42.1 Å². The van der Waals surface area contributed by atoms with E-state index in [4.69, 9.17) is 60.8 Å². The number of anilines is 1. The number of aromatic nitrogens is 8. The Morgan fingerprint density at radius 1 is 0.785 bits per heavy atom. The molecule has 65 heavy (non-hydrogen) atoms. The highest BCUT2D eigenvalue weighted by molar-refractivity contribution is 8.07. The Morgan fingerprint density at radius 2 is 1.35 bits per heavy atom. The zero-order valence-corrected chi connectivity index (χ0v) is 43.1. The van der Waals surface area contributed by atoms with E-state index in [1.165, 1.54) is 12.7 Å². The molecule has 3 fully saturated rings. The summed E-state index contributed by atoms with van der Waals surface area (Å²) in [7, 11) is -3.25. The predicted molar refractivity (Wildman–Crippen MR) is 253 cm³/mol. The second-order valence-electron chi connectivity index (χ2n) is 19.7. The number of hydrogen-bond donors (Lipinski definition) is 2. The normalized spacial score (nSPS) is 30.8. The van der Waals surface area contributed by atoms with Gasteiger partial charge in [0.2, 0.25) is 7.57 Å². The molecule has 4 aromatic heterocycles. The number of aryl methyl sites for hydroxylation is 1. The third-order valence-electron chi connectivity index (χ3n) is 13.1. The molecule has 5 aromatic rings. The monoisotopic (exact) mass is 985 g/mol.